The van der Waals surface area contributed by atoms with Crippen LogP contribution in [0.3, 0.4) is 0 Å². The van der Waals surface area contributed by atoms with Gasteiger partial charge in [-0.25, -0.2) is 0 Å². The molecule has 1 rings (SSSR count). The summed E-state index contributed by atoms with van der Waals surface area (Å²) < 4.78 is 5.34. The SMILES string of the molecule is CCOc1ccc(C(=O)NC(CC)CCBr)cc1. The number of ether oxygens (including phenoxy) is 1. The Morgan fingerprint density at radius 2 is 2.00 bits per heavy atom. The topological polar surface area (TPSA) is 38.3 Å². The van der Waals surface area contributed by atoms with E-state index in [9.17, 15) is 4.79 Å². The monoisotopic (exact) mass is 313 g/mol. The molecule has 0 fully saturated rings. The Kier molecular flexibility index (Phi) is 6.80. The molecule has 1 aromatic rings. The normalized spacial score (nSPS) is 11.9. The van der Waals surface area contributed by atoms with Gasteiger partial charge in [0.05, 0.1) is 6.61 Å². The number of carbonyl (C=O) groups is 1. The summed E-state index contributed by atoms with van der Waals surface area (Å²) in [5.41, 5.74) is 0.673. The number of rotatable bonds is 7. The van der Waals surface area contributed by atoms with Crippen LogP contribution < -0.4 is 10.1 Å². The van der Waals surface area contributed by atoms with E-state index in [2.05, 4.69) is 28.2 Å². The zero-order chi connectivity index (χ0) is 13.4. The van der Waals surface area contributed by atoms with E-state index in [1.807, 2.05) is 19.1 Å². The molecule has 0 bridgehead atoms. The van der Waals surface area contributed by atoms with E-state index in [-0.39, 0.29) is 11.9 Å². The number of hydrogen-bond donors (Lipinski definition) is 1. The lowest BCUT2D eigenvalue weighted by atomic mass is 10.1. The van der Waals surface area contributed by atoms with Crippen molar-refractivity contribution in [3.63, 3.8) is 0 Å². The van der Waals surface area contributed by atoms with Gasteiger partial charge in [0.15, 0.2) is 0 Å². The zero-order valence-electron chi connectivity index (χ0n) is 10.9. The lowest BCUT2D eigenvalue weighted by Crippen LogP contribution is -2.34. The number of carbonyl (C=O) groups excluding carboxylic acids is 1. The van der Waals surface area contributed by atoms with E-state index < -0.39 is 0 Å². The first-order valence-corrected chi connectivity index (χ1v) is 7.43. The summed E-state index contributed by atoms with van der Waals surface area (Å²) in [5.74, 6) is 0.771. The second-order valence-corrected chi connectivity index (χ2v) is 4.81. The summed E-state index contributed by atoms with van der Waals surface area (Å²) in [5, 5.41) is 3.92. The average Bonchev–Trinajstić information content (AvgIpc) is 2.39. The van der Waals surface area contributed by atoms with Gasteiger partial charge in [-0.05, 0) is 44.0 Å². The molecular weight excluding hydrogens is 294 g/mol. The maximum atomic E-state index is 12.0. The van der Waals surface area contributed by atoms with Crippen molar-refractivity contribution in [3.05, 3.63) is 29.8 Å². The van der Waals surface area contributed by atoms with Crippen LogP contribution in [-0.2, 0) is 0 Å². The molecule has 1 amide bonds. The minimum absolute atomic E-state index is 0.0224. The molecule has 0 aliphatic carbocycles. The summed E-state index contributed by atoms with van der Waals surface area (Å²) in [6.07, 6.45) is 1.88. The highest BCUT2D eigenvalue weighted by Gasteiger charge is 2.11. The number of amides is 1. The van der Waals surface area contributed by atoms with Crippen molar-refractivity contribution < 1.29 is 9.53 Å². The summed E-state index contributed by atoms with van der Waals surface area (Å²) >= 11 is 3.40. The first-order chi connectivity index (χ1) is 8.71. The Morgan fingerprint density at radius 1 is 1.33 bits per heavy atom. The van der Waals surface area contributed by atoms with Crippen molar-refractivity contribution in [1.29, 1.82) is 0 Å². The zero-order valence-corrected chi connectivity index (χ0v) is 12.5. The fourth-order valence-corrected chi connectivity index (χ4v) is 2.20. The third-order valence-corrected chi connectivity index (χ3v) is 3.17. The Hall–Kier alpha value is -1.03. The number of benzene rings is 1. The van der Waals surface area contributed by atoms with Crippen LogP contribution in [0.2, 0.25) is 0 Å². The van der Waals surface area contributed by atoms with Gasteiger partial charge >= 0.3 is 0 Å². The predicted octanol–water partition coefficient (Wildman–Crippen LogP) is 3.38. The second kappa shape index (κ2) is 8.14. The molecule has 3 nitrogen and oxygen atoms in total. The highest BCUT2D eigenvalue weighted by molar-refractivity contribution is 9.09. The van der Waals surface area contributed by atoms with E-state index in [1.165, 1.54) is 0 Å². The van der Waals surface area contributed by atoms with Gasteiger partial charge in [0.1, 0.15) is 5.75 Å². The van der Waals surface area contributed by atoms with Crippen molar-refractivity contribution in [3.8, 4) is 5.75 Å². The van der Waals surface area contributed by atoms with Gasteiger partial charge in [0, 0.05) is 16.9 Å². The summed E-state index contributed by atoms with van der Waals surface area (Å²) in [4.78, 5) is 12.0. The first-order valence-electron chi connectivity index (χ1n) is 6.30. The maximum absolute atomic E-state index is 12.0. The van der Waals surface area contributed by atoms with Gasteiger partial charge in [-0.1, -0.05) is 22.9 Å². The van der Waals surface area contributed by atoms with E-state index in [1.54, 1.807) is 12.1 Å². The van der Waals surface area contributed by atoms with Crippen LogP contribution in [0.5, 0.6) is 5.75 Å². The van der Waals surface area contributed by atoms with Gasteiger partial charge in [-0.15, -0.1) is 0 Å². The van der Waals surface area contributed by atoms with Crippen LogP contribution in [0.25, 0.3) is 0 Å². The van der Waals surface area contributed by atoms with E-state index in [0.717, 1.165) is 23.9 Å². The first kappa shape index (κ1) is 15.0. The molecule has 0 saturated carbocycles. The molecule has 0 radical (unpaired) electrons. The Balaban J connectivity index is 2.60. The van der Waals surface area contributed by atoms with E-state index >= 15 is 0 Å². The molecule has 0 aromatic heterocycles. The second-order valence-electron chi connectivity index (χ2n) is 4.01. The van der Waals surface area contributed by atoms with Crippen LogP contribution in [0.4, 0.5) is 0 Å². The third kappa shape index (κ3) is 4.69. The lowest BCUT2D eigenvalue weighted by Gasteiger charge is -2.15. The maximum Gasteiger partial charge on any atom is 0.251 e. The molecule has 0 aliphatic rings. The highest BCUT2D eigenvalue weighted by atomic mass is 79.9. The van der Waals surface area contributed by atoms with Crippen LogP contribution >= 0.6 is 15.9 Å². The Bertz CT molecular complexity index is 365. The number of hydrogen-bond acceptors (Lipinski definition) is 2. The smallest absolute Gasteiger partial charge is 0.251 e. The van der Waals surface area contributed by atoms with Gasteiger partial charge in [-0.2, -0.15) is 0 Å². The Labute approximate surface area is 117 Å². The molecule has 18 heavy (non-hydrogen) atoms. The van der Waals surface area contributed by atoms with Gasteiger partial charge in [0.25, 0.3) is 5.91 Å². The van der Waals surface area contributed by atoms with Crippen LogP contribution in [0.1, 0.15) is 37.0 Å². The molecule has 0 aliphatic heterocycles. The van der Waals surface area contributed by atoms with Crippen LogP contribution in [-0.4, -0.2) is 23.9 Å². The van der Waals surface area contributed by atoms with Crippen molar-refractivity contribution in [1.82, 2.24) is 5.32 Å². The summed E-state index contributed by atoms with van der Waals surface area (Å²) in [7, 11) is 0. The minimum atomic E-state index is -0.0224. The Morgan fingerprint density at radius 3 is 2.50 bits per heavy atom. The van der Waals surface area contributed by atoms with Crippen molar-refractivity contribution in [2.24, 2.45) is 0 Å². The standard InChI is InChI=1S/C14H20BrNO2/c1-3-12(9-10-15)16-14(17)11-5-7-13(8-6-11)18-4-2/h5-8,12H,3-4,9-10H2,1-2H3,(H,16,17). The molecule has 1 N–H and O–H groups in total. The van der Waals surface area contributed by atoms with E-state index in [4.69, 9.17) is 4.74 Å². The minimum Gasteiger partial charge on any atom is -0.494 e. The highest BCUT2D eigenvalue weighted by Crippen LogP contribution is 2.12. The molecule has 1 unspecified atom stereocenters. The van der Waals surface area contributed by atoms with Crippen molar-refractivity contribution in [2.75, 3.05) is 11.9 Å². The van der Waals surface area contributed by atoms with Gasteiger partial charge in [0.2, 0.25) is 0 Å². The van der Waals surface area contributed by atoms with Crippen LogP contribution in [0, 0.1) is 0 Å². The summed E-state index contributed by atoms with van der Waals surface area (Å²) in [6, 6.07) is 7.46. The molecule has 100 valence electrons. The van der Waals surface area contributed by atoms with Crippen molar-refractivity contribution >= 4 is 21.8 Å². The van der Waals surface area contributed by atoms with Crippen molar-refractivity contribution in [2.45, 2.75) is 32.7 Å². The number of alkyl halides is 1. The molecular formula is C14H20BrNO2. The van der Waals surface area contributed by atoms with Gasteiger partial charge in [-0.3, -0.25) is 4.79 Å². The fraction of sp³-hybridized carbons (Fsp3) is 0.500. The summed E-state index contributed by atoms with van der Waals surface area (Å²) in [6.45, 7) is 4.65. The molecule has 4 heteroatoms. The van der Waals surface area contributed by atoms with Gasteiger partial charge < -0.3 is 10.1 Å². The number of nitrogens with one attached hydrogen (secondary N) is 1. The quantitative estimate of drug-likeness (QED) is 0.784. The lowest BCUT2D eigenvalue weighted by molar-refractivity contribution is 0.0935. The fourth-order valence-electron chi connectivity index (χ4n) is 1.65. The number of halogens is 1. The average molecular weight is 314 g/mol. The molecule has 1 atom stereocenters. The molecule has 1 aromatic carbocycles. The predicted molar refractivity (Wildman–Crippen MR) is 77.6 cm³/mol. The molecule has 0 saturated heterocycles. The van der Waals surface area contributed by atoms with E-state index in [0.29, 0.717) is 12.2 Å². The largest absolute Gasteiger partial charge is 0.494 e. The molecule has 0 heterocycles. The van der Waals surface area contributed by atoms with Crippen LogP contribution in [0.15, 0.2) is 24.3 Å². The third-order valence-electron chi connectivity index (χ3n) is 2.71. The molecule has 0 spiro atoms.